The zero-order valence-corrected chi connectivity index (χ0v) is 9.90. The van der Waals surface area contributed by atoms with Crippen LogP contribution in [0.25, 0.3) is 0 Å². The van der Waals surface area contributed by atoms with Crippen molar-refractivity contribution in [1.29, 1.82) is 0 Å². The summed E-state index contributed by atoms with van der Waals surface area (Å²) in [6.07, 6.45) is 0.938. The average molecular weight is 269 g/mol. The first-order chi connectivity index (χ1) is 7.31. The Morgan fingerprint density at radius 2 is 2.13 bits per heavy atom. The highest BCUT2D eigenvalue weighted by molar-refractivity contribution is 9.10. The van der Waals surface area contributed by atoms with Crippen LogP contribution in [-0.4, -0.2) is 30.9 Å². The summed E-state index contributed by atoms with van der Waals surface area (Å²) >= 11 is 3.40. The van der Waals surface area contributed by atoms with Gasteiger partial charge in [0, 0.05) is 24.1 Å². The Morgan fingerprint density at radius 3 is 2.80 bits per heavy atom. The number of rotatable bonds is 2. The molecule has 1 atom stereocenters. The SMILES string of the molecule is O=CN1CCNCC1c1ccc(Br)cc1. The molecule has 0 radical (unpaired) electrons. The molecule has 0 aromatic heterocycles. The predicted octanol–water partition coefficient (Wildman–Crippen LogP) is 1.55. The molecule has 1 saturated heterocycles. The standard InChI is InChI=1S/C11H13BrN2O/c12-10-3-1-9(2-4-10)11-7-13-5-6-14(11)8-15/h1-4,8,11,13H,5-7H2. The predicted molar refractivity (Wildman–Crippen MR) is 62.5 cm³/mol. The summed E-state index contributed by atoms with van der Waals surface area (Å²) in [4.78, 5) is 12.7. The summed E-state index contributed by atoms with van der Waals surface area (Å²) in [7, 11) is 0. The first kappa shape index (κ1) is 10.6. The van der Waals surface area contributed by atoms with Gasteiger partial charge in [-0.2, -0.15) is 0 Å². The van der Waals surface area contributed by atoms with Crippen molar-refractivity contribution in [2.45, 2.75) is 6.04 Å². The zero-order valence-electron chi connectivity index (χ0n) is 8.32. The third-order valence-corrected chi connectivity index (χ3v) is 3.20. The number of nitrogens with zero attached hydrogens (tertiary/aromatic N) is 1. The second kappa shape index (κ2) is 4.77. The fraction of sp³-hybridized carbons (Fsp3) is 0.364. The Hall–Kier alpha value is -0.870. The number of benzene rings is 1. The van der Waals surface area contributed by atoms with Crippen LogP contribution in [0.2, 0.25) is 0 Å². The minimum atomic E-state index is 0.171. The molecule has 80 valence electrons. The molecule has 1 unspecified atom stereocenters. The lowest BCUT2D eigenvalue weighted by molar-refractivity contribution is -0.121. The van der Waals surface area contributed by atoms with E-state index < -0.39 is 0 Å². The molecule has 4 heteroatoms. The maximum absolute atomic E-state index is 10.9. The molecule has 1 heterocycles. The molecule has 2 rings (SSSR count). The normalized spacial score (nSPS) is 21.4. The maximum Gasteiger partial charge on any atom is 0.210 e. The van der Waals surface area contributed by atoms with Crippen LogP contribution in [-0.2, 0) is 4.79 Å². The topological polar surface area (TPSA) is 32.3 Å². The Kier molecular flexibility index (Phi) is 3.38. The fourth-order valence-corrected chi connectivity index (χ4v) is 2.10. The Labute approximate surface area is 97.6 Å². The highest BCUT2D eigenvalue weighted by Crippen LogP contribution is 2.22. The Bertz CT molecular complexity index is 339. The van der Waals surface area contributed by atoms with Crippen molar-refractivity contribution in [2.75, 3.05) is 19.6 Å². The number of piperazine rings is 1. The van der Waals surface area contributed by atoms with Gasteiger partial charge in [-0.15, -0.1) is 0 Å². The van der Waals surface area contributed by atoms with Crippen LogP contribution >= 0.6 is 15.9 Å². The molecular formula is C11H13BrN2O. The number of halogens is 1. The molecule has 0 spiro atoms. The third-order valence-electron chi connectivity index (χ3n) is 2.67. The van der Waals surface area contributed by atoms with Gasteiger partial charge >= 0.3 is 0 Å². The van der Waals surface area contributed by atoms with Crippen LogP contribution < -0.4 is 5.32 Å². The summed E-state index contributed by atoms with van der Waals surface area (Å²) in [5.74, 6) is 0. The quantitative estimate of drug-likeness (QED) is 0.826. The summed E-state index contributed by atoms with van der Waals surface area (Å²) in [5, 5.41) is 3.30. The molecule has 1 fully saturated rings. The monoisotopic (exact) mass is 268 g/mol. The second-order valence-electron chi connectivity index (χ2n) is 3.61. The van der Waals surface area contributed by atoms with Gasteiger partial charge in [0.05, 0.1) is 6.04 Å². The lowest BCUT2D eigenvalue weighted by atomic mass is 10.0. The number of carbonyl (C=O) groups is 1. The highest BCUT2D eigenvalue weighted by atomic mass is 79.9. The molecule has 0 aliphatic carbocycles. The summed E-state index contributed by atoms with van der Waals surface area (Å²) in [5.41, 5.74) is 1.18. The number of hydrogen-bond acceptors (Lipinski definition) is 2. The first-order valence-corrected chi connectivity index (χ1v) is 5.78. The molecule has 1 N–H and O–H groups in total. The largest absolute Gasteiger partial charge is 0.336 e. The second-order valence-corrected chi connectivity index (χ2v) is 4.53. The van der Waals surface area contributed by atoms with Gasteiger partial charge in [-0.05, 0) is 17.7 Å². The van der Waals surface area contributed by atoms with Crippen molar-refractivity contribution in [3.05, 3.63) is 34.3 Å². The molecule has 0 saturated carbocycles. The van der Waals surface area contributed by atoms with E-state index in [1.807, 2.05) is 17.0 Å². The van der Waals surface area contributed by atoms with E-state index in [0.717, 1.165) is 30.5 Å². The van der Waals surface area contributed by atoms with Gasteiger partial charge in [-0.25, -0.2) is 0 Å². The van der Waals surface area contributed by atoms with Crippen LogP contribution in [0.3, 0.4) is 0 Å². The van der Waals surface area contributed by atoms with Gasteiger partial charge in [-0.1, -0.05) is 28.1 Å². The molecule has 1 aliphatic rings. The zero-order chi connectivity index (χ0) is 10.7. The first-order valence-electron chi connectivity index (χ1n) is 4.98. The number of nitrogens with one attached hydrogen (secondary N) is 1. The van der Waals surface area contributed by atoms with Crippen molar-refractivity contribution in [2.24, 2.45) is 0 Å². The van der Waals surface area contributed by atoms with E-state index in [1.54, 1.807) is 0 Å². The number of hydrogen-bond donors (Lipinski definition) is 1. The molecular weight excluding hydrogens is 256 g/mol. The number of carbonyl (C=O) groups excluding carboxylic acids is 1. The molecule has 1 amide bonds. The average Bonchev–Trinajstić information content (AvgIpc) is 2.30. The molecule has 15 heavy (non-hydrogen) atoms. The summed E-state index contributed by atoms with van der Waals surface area (Å²) < 4.78 is 1.06. The van der Waals surface area contributed by atoms with Crippen molar-refractivity contribution < 1.29 is 4.79 Å². The third kappa shape index (κ3) is 2.38. The van der Waals surface area contributed by atoms with Crippen LogP contribution in [0.1, 0.15) is 11.6 Å². The minimum absolute atomic E-state index is 0.171. The van der Waals surface area contributed by atoms with E-state index in [1.165, 1.54) is 5.56 Å². The Morgan fingerprint density at radius 1 is 1.40 bits per heavy atom. The maximum atomic E-state index is 10.9. The van der Waals surface area contributed by atoms with Gasteiger partial charge in [0.2, 0.25) is 6.41 Å². The summed E-state index contributed by atoms with van der Waals surface area (Å²) in [6.45, 7) is 2.50. The van der Waals surface area contributed by atoms with E-state index in [9.17, 15) is 4.79 Å². The smallest absolute Gasteiger partial charge is 0.210 e. The van der Waals surface area contributed by atoms with E-state index in [-0.39, 0.29) is 6.04 Å². The van der Waals surface area contributed by atoms with Gasteiger partial charge < -0.3 is 10.2 Å². The lowest BCUT2D eigenvalue weighted by Crippen LogP contribution is -2.45. The molecule has 0 bridgehead atoms. The van der Waals surface area contributed by atoms with Gasteiger partial charge in [-0.3, -0.25) is 4.79 Å². The van der Waals surface area contributed by atoms with E-state index >= 15 is 0 Å². The fourth-order valence-electron chi connectivity index (χ4n) is 1.84. The van der Waals surface area contributed by atoms with Crippen molar-refractivity contribution in [3.63, 3.8) is 0 Å². The van der Waals surface area contributed by atoms with E-state index in [4.69, 9.17) is 0 Å². The van der Waals surface area contributed by atoms with Gasteiger partial charge in [0.25, 0.3) is 0 Å². The van der Waals surface area contributed by atoms with Crippen LogP contribution in [0, 0.1) is 0 Å². The van der Waals surface area contributed by atoms with Crippen molar-refractivity contribution in [1.82, 2.24) is 10.2 Å². The van der Waals surface area contributed by atoms with E-state index in [0.29, 0.717) is 0 Å². The lowest BCUT2D eigenvalue weighted by Gasteiger charge is -2.33. The van der Waals surface area contributed by atoms with Crippen molar-refractivity contribution in [3.8, 4) is 0 Å². The molecule has 1 aromatic rings. The Balaban J connectivity index is 2.20. The highest BCUT2D eigenvalue weighted by Gasteiger charge is 2.21. The van der Waals surface area contributed by atoms with Crippen molar-refractivity contribution >= 4 is 22.3 Å². The summed E-state index contributed by atoms with van der Waals surface area (Å²) in [6, 6.07) is 8.29. The van der Waals surface area contributed by atoms with Gasteiger partial charge in [0.1, 0.15) is 0 Å². The van der Waals surface area contributed by atoms with E-state index in [2.05, 4.69) is 33.4 Å². The van der Waals surface area contributed by atoms with Crippen LogP contribution in [0.15, 0.2) is 28.7 Å². The molecule has 3 nitrogen and oxygen atoms in total. The van der Waals surface area contributed by atoms with Crippen LogP contribution in [0.5, 0.6) is 0 Å². The molecule has 1 aromatic carbocycles. The minimum Gasteiger partial charge on any atom is -0.336 e. The van der Waals surface area contributed by atoms with Crippen LogP contribution in [0.4, 0.5) is 0 Å². The van der Waals surface area contributed by atoms with Gasteiger partial charge in [0.15, 0.2) is 0 Å². The molecule has 1 aliphatic heterocycles. The number of amides is 1.